The van der Waals surface area contributed by atoms with E-state index < -0.39 is 0 Å². The fourth-order valence-corrected chi connectivity index (χ4v) is 2.41. The van der Waals surface area contributed by atoms with Gasteiger partial charge in [-0.1, -0.05) is 6.07 Å². The van der Waals surface area contributed by atoms with E-state index in [4.69, 9.17) is 9.15 Å². The van der Waals surface area contributed by atoms with Crippen LogP contribution in [0.1, 0.15) is 5.56 Å². The van der Waals surface area contributed by atoms with Gasteiger partial charge in [-0.15, -0.1) is 0 Å². The van der Waals surface area contributed by atoms with Crippen molar-refractivity contribution in [2.24, 2.45) is 0 Å². The number of carbonyl (C=O) groups is 1. The molecule has 0 amide bonds. The molecule has 23 heavy (non-hydrogen) atoms. The van der Waals surface area contributed by atoms with Crippen LogP contribution in [-0.2, 0) is 16.0 Å². The first kappa shape index (κ1) is 15.0. The van der Waals surface area contributed by atoms with Gasteiger partial charge >= 0.3 is 5.97 Å². The van der Waals surface area contributed by atoms with E-state index in [9.17, 15) is 9.90 Å². The molecule has 0 saturated carbocycles. The molecule has 0 aliphatic rings. The zero-order chi connectivity index (χ0) is 16.4. The minimum Gasteiger partial charge on any atom is -0.504 e. The lowest BCUT2D eigenvalue weighted by molar-refractivity contribution is -0.139. The van der Waals surface area contributed by atoms with Crippen molar-refractivity contribution in [1.29, 1.82) is 0 Å². The van der Waals surface area contributed by atoms with Crippen LogP contribution in [0.25, 0.3) is 22.3 Å². The summed E-state index contributed by atoms with van der Waals surface area (Å²) >= 11 is 0. The van der Waals surface area contributed by atoms with E-state index >= 15 is 0 Å². The van der Waals surface area contributed by atoms with Crippen molar-refractivity contribution in [1.82, 2.24) is 0 Å². The number of rotatable bonds is 4. The normalized spacial score (nSPS) is 10.7. The first-order chi connectivity index (χ1) is 11.1. The first-order valence-corrected chi connectivity index (χ1v) is 7.07. The van der Waals surface area contributed by atoms with Crippen molar-refractivity contribution < 1.29 is 23.8 Å². The van der Waals surface area contributed by atoms with Crippen molar-refractivity contribution in [2.75, 3.05) is 14.2 Å². The standard InChI is InChI=1S/C18H16O5/c1-21-17-9-12(4-5-14(17)19)16-10-13-7-11(8-18(20)22-2)3-6-15(13)23-16/h3-7,9-10,19H,8H2,1-2H3. The highest BCUT2D eigenvalue weighted by molar-refractivity contribution is 5.85. The van der Waals surface area contributed by atoms with E-state index in [0.29, 0.717) is 11.5 Å². The van der Waals surface area contributed by atoms with Crippen LogP contribution in [0.15, 0.2) is 46.9 Å². The maximum absolute atomic E-state index is 11.4. The predicted molar refractivity (Wildman–Crippen MR) is 85.6 cm³/mol. The molecule has 0 bridgehead atoms. The second-order valence-electron chi connectivity index (χ2n) is 5.12. The molecule has 3 rings (SSSR count). The molecule has 118 valence electrons. The Balaban J connectivity index is 1.98. The number of benzene rings is 2. The van der Waals surface area contributed by atoms with Crippen LogP contribution < -0.4 is 4.74 Å². The van der Waals surface area contributed by atoms with Gasteiger partial charge in [0.25, 0.3) is 0 Å². The van der Waals surface area contributed by atoms with Gasteiger partial charge in [-0.25, -0.2) is 0 Å². The Kier molecular flexibility index (Phi) is 3.93. The van der Waals surface area contributed by atoms with Crippen LogP contribution in [-0.4, -0.2) is 25.3 Å². The molecule has 0 atom stereocenters. The maximum Gasteiger partial charge on any atom is 0.309 e. The van der Waals surface area contributed by atoms with Gasteiger partial charge < -0.3 is 19.0 Å². The van der Waals surface area contributed by atoms with Crippen LogP contribution in [0.4, 0.5) is 0 Å². The summed E-state index contributed by atoms with van der Waals surface area (Å²) in [5.41, 5.74) is 2.38. The Morgan fingerprint density at radius 3 is 2.70 bits per heavy atom. The smallest absolute Gasteiger partial charge is 0.309 e. The maximum atomic E-state index is 11.4. The van der Waals surface area contributed by atoms with Gasteiger partial charge in [0.2, 0.25) is 0 Å². The van der Waals surface area contributed by atoms with Gasteiger partial charge in [0.15, 0.2) is 11.5 Å². The third-order valence-corrected chi connectivity index (χ3v) is 3.62. The summed E-state index contributed by atoms with van der Waals surface area (Å²) in [6.45, 7) is 0. The molecule has 0 aliphatic heterocycles. The lowest BCUT2D eigenvalue weighted by atomic mass is 10.1. The molecule has 0 saturated heterocycles. The minimum atomic E-state index is -0.281. The fourth-order valence-electron chi connectivity index (χ4n) is 2.41. The van der Waals surface area contributed by atoms with Crippen LogP contribution >= 0.6 is 0 Å². The van der Waals surface area contributed by atoms with Crippen LogP contribution in [0.3, 0.4) is 0 Å². The van der Waals surface area contributed by atoms with Gasteiger partial charge in [0.1, 0.15) is 11.3 Å². The van der Waals surface area contributed by atoms with Crippen molar-refractivity contribution in [3.8, 4) is 22.8 Å². The Labute approximate surface area is 133 Å². The number of hydrogen-bond donors (Lipinski definition) is 1. The quantitative estimate of drug-likeness (QED) is 0.746. The number of carbonyl (C=O) groups excluding carboxylic acids is 1. The van der Waals surface area contributed by atoms with Gasteiger partial charge in [0, 0.05) is 10.9 Å². The molecule has 2 aromatic carbocycles. The second-order valence-corrected chi connectivity index (χ2v) is 5.12. The zero-order valence-corrected chi connectivity index (χ0v) is 12.8. The number of ether oxygens (including phenoxy) is 2. The highest BCUT2D eigenvalue weighted by Crippen LogP contribution is 2.34. The average Bonchev–Trinajstić information content (AvgIpc) is 2.98. The lowest BCUT2D eigenvalue weighted by Crippen LogP contribution is -2.03. The third-order valence-electron chi connectivity index (χ3n) is 3.62. The summed E-state index contributed by atoms with van der Waals surface area (Å²) in [7, 11) is 2.87. The number of aromatic hydroxyl groups is 1. The van der Waals surface area contributed by atoms with Crippen LogP contribution in [0, 0.1) is 0 Å². The fraction of sp³-hybridized carbons (Fsp3) is 0.167. The average molecular weight is 312 g/mol. The molecule has 5 nitrogen and oxygen atoms in total. The van der Waals surface area contributed by atoms with E-state index in [1.807, 2.05) is 24.3 Å². The molecule has 1 N–H and O–H groups in total. The molecule has 1 aromatic heterocycles. The predicted octanol–water partition coefficient (Wildman–Crippen LogP) is 3.53. The molecular formula is C18H16O5. The van der Waals surface area contributed by atoms with Crippen LogP contribution in [0.2, 0.25) is 0 Å². The highest BCUT2D eigenvalue weighted by atomic mass is 16.5. The molecule has 0 spiro atoms. The molecule has 3 aromatic rings. The topological polar surface area (TPSA) is 68.9 Å². The Hall–Kier alpha value is -2.95. The Morgan fingerprint density at radius 1 is 1.13 bits per heavy atom. The summed E-state index contributed by atoms with van der Waals surface area (Å²) in [6, 6.07) is 12.5. The summed E-state index contributed by atoms with van der Waals surface area (Å²) in [6.07, 6.45) is 0.222. The van der Waals surface area contributed by atoms with E-state index in [2.05, 4.69) is 4.74 Å². The van der Waals surface area contributed by atoms with Crippen LogP contribution in [0.5, 0.6) is 11.5 Å². The van der Waals surface area contributed by atoms with Crippen molar-refractivity contribution in [2.45, 2.75) is 6.42 Å². The number of esters is 1. The van der Waals surface area contributed by atoms with Crippen molar-refractivity contribution in [3.63, 3.8) is 0 Å². The number of fused-ring (bicyclic) bond motifs is 1. The Morgan fingerprint density at radius 2 is 1.96 bits per heavy atom. The van der Waals surface area contributed by atoms with Gasteiger partial charge in [-0.3, -0.25) is 4.79 Å². The van der Waals surface area contributed by atoms with E-state index in [0.717, 1.165) is 22.1 Å². The van der Waals surface area contributed by atoms with E-state index in [1.54, 1.807) is 18.2 Å². The SMILES string of the molecule is COC(=O)Cc1ccc2oc(-c3ccc(O)c(OC)c3)cc2c1. The number of phenolic OH excluding ortho intramolecular Hbond substituents is 1. The highest BCUT2D eigenvalue weighted by Gasteiger charge is 2.11. The molecule has 0 fully saturated rings. The molecule has 0 radical (unpaired) electrons. The molecule has 1 heterocycles. The number of hydrogen-bond acceptors (Lipinski definition) is 5. The van der Waals surface area contributed by atoms with Crippen molar-refractivity contribution in [3.05, 3.63) is 48.0 Å². The minimum absolute atomic E-state index is 0.0766. The molecule has 5 heteroatoms. The number of furan rings is 1. The zero-order valence-electron chi connectivity index (χ0n) is 12.8. The molecular weight excluding hydrogens is 296 g/mol. The Bertz CT molecular complexity index is 863. The summed E-state index contributed by atoms with van der Waals surface area (Å²) in [4.78, 5) is 11.4. The molecule has 0 aliphatic carbocycles. The summed E-state index contributed by atoms with van der Waals surface area (Å²) in [5.74, 6) is 0.840. The monoisotopic (exact) mass is 312 g/mol. The lowest BCUT2D eigenvalue weighted by Gasteiger charge is -2.04. The van der Waals surface area contributed by atoms with Gasteiger partial charge in [-0.2, -0.15) is 0 Å². The number of phenols is 1. The second kappa shape index (κ2) is 6.04. The van der Waals surface area contributed by atoms with E-state index in [1.165, 1.54) is 14.2 Å². The largest absolute Gasteiger partial charge is 0.504 e. The summed E-state index contributed by atoms with van der Waals surface area (Å²) < 4.78 is 15.6. The van der Waals surface area contributed by atoms with E-state index in [-0.39, 0.29) is 18.1 Å². The first-order valence-electron chi connectivity index (χ1n) is 7.07. The van der Waals surface area contributed by atoms with Gasteiger partial charge in [-0.05, 0) is 42.0 Å². The summed E-state index contributed by atoms with van der Waals surface area (Å²) in [5, 5.41) is 10.6. The third kappa shape index (κ3) is 2.99. The van der Waals surface area contributed by atoms with Gasteiger partial charge in [0.05, 0.1) is 20.6 Å². The number of methoxy groups -OCH3 is 2. The molecule has 0 unspecified atom stereocenters. The van der Waals surface area contributed by atoms with Crippen molar-refractivity contribution >= 4 is 16.9 Å².